The van der Waals surface area contributed by atoms with Crippen molar-refractivity contribution in [1.82, 2.24) is 10.3 Å². The summed E-state index contributed by atoms with van der Waals surface area (Å²) in [4.78, 5) is 12.8. The SMILES string of the molecule is CCNC(=O)N1N=C(c2cc(F)ccc2F)C[C@@]1(CCCN)c1ccccc1. The van der Waals surface area contributed by atoms with E-state index in [1.165, 1.54) is 5.01 Å². The van der Waals surface area contributed by atoms with Crippen LogP contribution in [0.4, 0.5) is 13.6 Å². The molecule has 0 aliphatic carbocycles. The predicted molar refractivity (Wildman–Crippen MR) is 105 cm³/mol. The predicted octanol–water partition coefficient (Wildman–Crippen LogP) is 3.74. The van der Waals surface area contributed by atoms with Crippen molar-refractivity contribution in [3.05, 3.63) is 71.3 Å². The summed E-state index contributed by atoms with van der Waals surface area (Å²) in [5.74, 6) is -1.12. The molecule has 7 heteroatoms. The highest BCUT2D eigenvalue weighted by Crippen LogP contribution is 2.43. The lowest BCUT2D eigenvalue weighted by molar-refractivity contribution is 0.123. The van der Waals surface area contributed by atoms with Gasteiger partial charge in [0.05, 0.1) is 11.3 Å². The van der Waals surface area contributed by atoms with Crippen LogP contribution >= 0.6 is 0 Å². The molecule has 0 spiro atoms. The number of amides is 2. The summed E-state index contributed by atoms with van der Waals surface area (Å²) in [7, 11) is 0. The number of hydrogen-bond donors (Lipinski definition) is 2. The van der Waals surface area contributed by atoms with Crippen LogP contribution in [0.2, 0.25) is 0 Å². The van der Waals surface area contributed by atoms with Crippen molar-refractivity contribution in [2.45, 2.75) is 31.7 Å². The Morgan fingerprint density at radius 3 is 2.68 bits per heavy atom. The van der Waals surface area contributed by atoms with Crippen molar-refractivity contribution >= 4 is 11.7 Å². The summed E-state index contributed by atoms with van der Waals surface area (Å²) in [5, 5.41) is 8.60. The molecule has 1 atom stereocenters. The van der Waals surface area contributed by atoms with E-state index in [0.717, 1.165) is 23.8 Å². The standard InChI is InChI=1S/C21H24F2N4O/c1-2-25-20(28)27-21(11-6-12-24,15-7-4-3-5-8-15)14-19(26-27)17-13-16(22)9-10-18(17)23/h3-5,7-10,13H,2,6,11-12,14,24H2,1H3,(H,25,28)/t21-/m0/s1. The Morgan fingerprint density at radius 1 is 1.25 bits per heavy atom. The number of benzene rings is 2. The lowest BCUT2D eigenvalue weighted by atomic mass is 9.80. The number of carbonyl (C=O) groups is 1. The lowest BCUT2D eigenvalue weighted by Gasteiger charge is -2.37. The Bertz CT molecular complexity index is 872. The molecule has 0 saturated carbocycles. The number of nitrogens with two attached hydrogens (primary N) is 1. The molecule has 0 unspecified atom stereocenters. The summed E-state index contributed by atoms with van der Waals surface area (Å²) >= 11 is 0. The van der Waals surface area contributed by atoms with Crippen LogP contribution in [-0.2, 0) is 5.54 Å². The van der Waals surface area contributed by atoms with Gasteiger partial charge in [-0.15, -0.1) is 0 Å². The van der Waals surface area contributed by atoms with Crippen molar-refractivity contribution in [2.75, 3.05) is 13.1 Å². The summed E-state index contributed by atoms with van der Waals surface area (Å²) in [6.45, 7) is 2.69. The molecule has 2 aromatic rings. The van der Waals surface area contributed by atoms with Crippen LogP contribution in [0.15, 0.2) is 53.6 Å². The van der Waals surface area contributed by atoms with Crippen LogP contribution < -0.4 is 11.1 Å². The molecular formula is C21H24F2N4O. The van der Waals surface area contributed by atoms with Crippen LogP contribution in [0.5, 0.6) is 0 Å². The van der Waals surface area contributed by atoms with Crippen LogP contribution in [-0.4, -0.2) is 29.8 Å². The molecule has 1 aliphatic heterocycles. The van der Waals surface area contributed by atoms with Crippen molar-refractivity contribution in [3.63, 3.8) is 0 Å². The van der Waals surface area contributed by atoms with Crippen LogP contribution in [0, 0.1) is 11.6 Å². The van der Waals surface area contributed by atoms with Gasteiger partial charge < -0.3 is 11.1 Å². The third-order valence-electron chi connectivity index (χ3n) is 4.95. The third kappa shape index (κ3) is 3.75. The maximum Gasteiger partial charge on any atom is 0.338 e. The van der Waals surface area contributed by atoms with E-state index in [1.54, 1.807) is 0 Å². The van der Waals surface area contributed by atoms with E-state index in [4.69, 9.17) is 5.73 Å². The van der Waals surface area contributed by atoms with Crippen LogP contribution in [0.1, 0.15) is 37.3 Å². The fourth-order valence-electron chi connectivity index (χ4n) is 3.64. The van der Waals surface area contributed by atoms with Crippen molar-refractivity contribution in [3.8, 4) is 0 Å². The van der Waals surface area contributed by atoms with Crippen molar-refractivity contribution < 1.29 is 13.6 Å². The molecule has 0 aromatic heterocycles. The first-order valence-corrected chi connectivity index (χ1v) is 9.38. The van der Waals surface area contributed by atoms with Crippen LogP contribution in [0.25, 0.3) is 0 Å². The summed E-state index contributed by atoms with van der Waals surface area (Å²) in [6.07, 6.45) is 1.47. The minimum atomic E-state index is -0.812. The van der Waals surface area contributed by atoms with Crippen molar-refractivity contribution in [2.24, 2.45) is 10.8 Å². The molecular weight excluding hydrogens is 362 g/mol. The Hall–Kier alpha value is -2.80. The second-order valence-corrected chi connectivity index (χ2v) is 6.78. The van der Waals surface area contributed by atoms with E-state index in [-0.39, 0.29) is 18.0 Å². The minimum Gasteiger partial charge on any atom is -0.337 e. The quantitative estimate of drug-likeness (QED) is 0.794. The Balaban J connectivity index is 2.12. The zero-order valence-electron chi connectivity index (χ0n) is 15.8. The van der Waals surface area contributed by atoms with E-state index < -0.39 is 17.2 Å². The van der Waals surface area contributed by atoms with Gasteiger partial charge in [0.15, 0.2) is 0 Å². The maximum atomic E-state index is 14.4. The van der Waals surface area contributed by atoms with Gasteiger partial charge in [0.2, 0.25) is 0 Å². The number of urea groups is 1. The fraction of sp³-hybridized carbons (Fsp3) is 0.333. The third-order valence-corrected chi connectivity index (χ3v) is 4.95. The van der Waals surface area contributed by atoms with Gasteiger partial charge in [-0.05, 0) is 50.1 Å². The maximum absolute atomic E-state index is 14.4. The molecule has 1 heterocycles. The number of nitrogens with zero attached hydrogens (tertiary/aromatic N) is 2. The summed E-state index contributed by atoms with van der Waals surface area (Å²) in [6, 6.07) is 12.4. The number of nitrogens with one attached hydrogen (secondary N) is 1. The molecule has 3 N–H and O–H groups in total. The number of hydrazone groups is 1. The van der Waals surface area contributed by atoms with Gasteiger partial charge in [-0.25, -0.2) is 18.6 Å². The van der Waals surface area contributed by atoms with Crippen molar-refractivity contribution in [1.29, 1.82) is 0 Å². The molecule has 0 radical (unpaired) electrons. The van der Waals surface area contributed by atoms with E-state index in [0.29, 0.717) is 31.6 Å². The number of halogens is 2. The summed E-state index contributed by atoms with van der Waals surface area (Å²) < 4.78 is 28.2. The average molecular weight is 386 g/mol. The molecule has 2 amide bonds. The van der Waals surface area contributed by atoms with Gasteiger partial charge >= 0.3 is 6.03 Å². The normalized spacial score (nSPS) is 18.9. The van der Waals surface area contributed by atoms with Gasteiger partial charge in [0, 0.05) is 18.5 Å². The summed E-state index contributed by atoms with van der Waals surface area (Å²) in [5.41, 5.74) is 6.22. The number of carbonyl (C=O) groups excluding carboxylic acids is 1. The van der Waals surface area contributed by atoms with Gasteiger partial charge in [0.25, 0.3) is 0 Å². The molecule has 148 valence electrons. The zero-order valence-corrected chi connectivity index (χ0v) is 15.8. The highest BCUT2D eigenvalue weighted by atomic mass is 19.1. The van der Waals surface area contributed by atoms with Gasteiger partial charge in [-0.3, -0.25) is 0 Å². The molecule has 0 saturated heterocycles. The molecule has 3 rings (SSSR count). The molecule has 2 aromatic carbocycles. The number of rotatable bonds is 6. The molecule has 0 fully saturated rings. The average Bonchev–Trinajstić information content (AvgIpc) is 3.10. The first kappa shape index (κ1) is 19.9. The van der Waals surface area contributed by atoms with E-state index >= 15 is 0 Å². The molecule has 0 bridgehead atoms. The number of hydrogen-bond acceptors (Lipinski definition) is 3. The molecule has 5 nitrogen and oxygen atoms in total. The first-order chi connectivity index (χ1) is 13.5. The highest BCUT2D eigenvalue weighted by Gasteiger charge is 2.47. The second-order valence-electron chi connectivity index (χ2n) is 6.78. The largest absolute Gasteiger partial charge is 0.338 e. The van der Waals surface area contributed by atoms with Crippen LogP contribution in [0.3, 0.4) is 0 Å². The lowest BCUT2D eigenvalue weighted by Crippen LogP contribution is -2.48. The van der Waals surface area contributed by atoms with Gasteiger partial charge in [-0.2, -0.15) is 5.10 Å². The van der Waals surface area contributed by atoms with E-state index in [9.17, 15) is 13.6 Å². The molecule has 1 aliphatic rings. The van der Waals surface area contributed by atoms with E-state index in [1.807, 2.05) is 37.3 Å². The Morgan fingerprint density at radius 2 is 2.00 bits per heavy atom. The van der Waals surface area contributed by atoms with Gasteiger partial charge in [-0.1, -0.05) is 30.3 Å². The Labute approximate surface area is 163 Å². The topological polar surface area (TPSA) is 70.7 Å². The molecule has 28 heavy (non-hydrogen) atoms. The smallest absolute Gasteiger partial charge is 0.337 e. The van der Waals surface area contributed by atoms with Gasteiger partial charge in [0.1, 0.15) is 11.6 Å². The monoisotopic (exact) mass is 386 g/mol. The fourth-order valence-corrected chi connectivity index (χ4v) is 3.64. The zero-order chi connectivity index (χ0) is 20.1. The minimum absolute atomic E-state index is 0.0693. The van der Waals surface area contributed by atoms with E-state index in [2.05, 4.69) is 10.4 Å². The second kappa shape index (κ2) is 8.48. The highest BCUT2D eigenvalue weighted by molar-refractivity contribution is 6.04. The Kier molecular flexibility index (Phi) is 6.04. The first-order valence-electron chi connectivity index (χ1n) is 9.38.